The number of benzene rings is 1. The third kappa shape index (κ3) is 3.12. The Morgan fingerprint density at radius 2 is 2.05 bits per heavy atom. The fourth-order valence-electron chi connectivity index (χ4n) is 1.94. The Morgan fingerprint density at radius 3 is 2.77 bits per heavy atom. The van der Waals surface area contributed by atoms with E-state index in [-0.39, 0.29) is 0 Å². The molecule has 0 aliphatic heterocycles. The van der Waals surface area contributed by atoms with E-state index in [1.165, 1.54) is 6.39 Å². The van der Waals surface area contributed by atoms with Gasteiger partial charge >= 0.3 is 0 Å². The molecule has 110 valence electrons. The summed E-state index contributed by atoms with van der Waals surface area (Å²) in [4.78, 5) is 7.87. The van der Waals surface area contributed by atoms with Crippen LogP contribution in [0.2, 0.25) is 0 Å². The van der Waals surface area contributed by atoms with E-state index in [0.717, 1.165) is 16.8 Å². The summed E-state index contributed by atoms with van der Waals surface area (Å²) in [6, 6.07) is 9.38. The van der Waals surface area contributed by atoms with Crippen molar-refractivity contribution in [2.45, 2.75) is 0 Å². The number of pyridine rings is 1. The van der Waals surface area contributed by atoms with Crippen molar-refractivity contribution in [3.63, 3.8) is 0 Å². The minimum atomic E-state index is 0.656. The summed E-state index contributed by atoms with van der Waals surface area (Å²) in [6.45, 7) is 0. The minimum absolute atomic E-state index is 0.656. The molecule has 0 fully saturated rings. The van der Waals surface area contributed by atoms with Gasteiger partial charge in [-0.05, 0) is 29.8 Å². The summed E-state index contributed by atoms with van der Waals surface area (Å²) in [5.41, 5.74) is 5.58. The number of hydrazone groups is 1. The Bertz CT molecular complexity index is 755. The average Bonchev–Trinajstić information content (AvgIpc) is 3.10. The lowest BCUT2D eigenvalue weighted by Crippen LogP contribution is -1.93. The van der Waals surface area contributed by atoms with Crippen molar-refractivity contribution in [1.82, 2.24) is 9.97 Å². The molecule has 3 aromatic rings. The molecule has 2 heterocycles. The first-order valence-electron chi connectivity index (χ1n) is 6.63. The van der Waals surface area contributed by atoms with Gasteiger partial charge in [0.25, 0.3) is 0 Å². The fraction of sp³-hybridized carbons (Fsp3) is 0.0625. The predicted molar refractivity (Wildman–Crippen MR) is 83.9 cm³/mol. The molecule has 0 saturated heterocycles. The van der Waals surface area contributed by atoms with Crippen molar-refractivity contribution < 1.29 is 9.15 Å². The molecule has 0 amide bonds. The zero-order valence-corrected chi connectivity index (χ0v) is 11.9. The lowest BCUT2D eigenvalue weighted by molar-refractivity contribution is 0.415. The van der Waals surface area contributed by atoms with Gasteiger partial charge in [-0.2, -0.15) is 5.10 Å². The summed E-state index contributed by atoms with van der Waals surface area (Å²) in [5, 5.41) is 4.19. The summed E-state index contributed by atoms with van der Waals surface area (Å²) < 4.78 is 10.7. The summed E-state index contributed by atoms with van der Waals surface area (Å²) in [7, 11) is 1.61. The van der Waals surface area contributed by atoms with Crippen LogP contribution in [0.25, 0.3) is 11.3 Å². The third-order valence-electron chi connectivity index (χ3n) is 3.01. The third-order valence-corrected chi connectivity index (χ3v) is 3.01. The lowest BCUT2D eigenvalue weighted by atomic mass is 10.1. The van der Waals surface area contributed by atoms with Crippen LogP contribution in [0.4, 0.5) is 5.69 Å². The Morgan fingerprint density at radius 1 is 1.18 bits per heavy atom. The van der Waals surface area contributed by atoms with Gasteiger partial charge in [0.1, 0.15) is 5.75 Å². The molecule has 0 aliphatic rings. The number of rotatable bonds is 5. The van der Waals surface area contributed by atoms with Crippen LogP contribution < -0.4 is 10.2 Å². The molecule has 0 aliphatic carbocycles. The maximum absolute atomic E-state index is 5.39. The van der Waals surface area contributed by atoms with Gasteiger partial charge in [-0.3, -0.25) is 10.4 Å². The van der Waals surface area contributed by atoms with Crippen molar-refractivity contribution in [2.24, 2.45) is 5.10 Å². The van der Waals surface area contributed by atoms with Crippen LogP contribution in [0.15, 0.2) is 64.8 Å². The van der Waals surface area contributed by atoms with Gasteiger partial charge in [0, 0.05) is 18.5 Å². The molecular formula is C16H14N4O2. The molecular weight excluding hydrogens is 280 g/mol. The molecule has 0 atom stereocenters. The number of aromatic nitrogens is 2. The second-order valence-corrected chi connectivity index (χ2v) is 4.43. The highest BCUT2D eigenvalue weighted by Crippen LogP contribution is 2.32. The molecule has 6 nitrogen and oxygen atoms in total. The second-order valence-electron chi connectivity index (χ2n) is 4.43. The number of nitrogens with one attached hydrogen (secondary N) is 1. The SMILES string of the molecule is COc1cc(NN=Cc2ccncc2)ccc1-c1cnco1. The first-order chi connectivity index (χ1) is 10.9. The Labute approximate surface area is 127 Å². The summed E-state index contributed by atoms with van der Waals surface area (Å²) in [5.74, 6) is 1.34. The van der Waals surface area contributed by atoms with Gasteiger partial charge in [-0.25, -0.2) is 4.98 Å². The molecule has 1 N–H and O–H groups in total. The number of nitrogens with zero attached hydrogens (tertiary/aromatic N) is 3. The van der Waals surface area contributed by atoms with Crippen molar-refractivity contribution in [3.05, 3.63) is 60.9 Å². The monoisotopic (exact) mass is 294 g/mol. The zero-order chi connectivity index (χ0) is 15.2. The smallest absolute Gasteiger partial charge is 0.181 e. The summed E-state index contributed by atoms with van der Waals surface area (Å²) in [6.07, 6.45) is 8.19. The zero-order valence-electron chi connectivity index (χ0n) is 11.9. The summed E-state index contributed by atoms with van der Waals surface area (Å²) >= 11 is 0. The first-order valence-corrected chi connectivity index (χ1v) is 6.63. The second kappa shape index (κ2) is 6.53. The van der Waals surface area contributed by atoms with E-state index < -0.39 is 0 Å². The van der Waals surface area contributed by atoms with Crippen LogP contribution in [-0.4, -0.2) is 23.3 Å². The number of anilines is 1. The maximum Gasteiger partial charge on any atom is 0.181 e. The largest absolute Gasteiger partial charge is 0.496 e. The Balaban J connectivity index is 1.77. The fourth-order valence-corrected chi connectivity index (χ4v) is 1.94. The van der Waals surface area contributed by atoms with Gasteiger partial charge < -0.3 is 9.15 Å². The van der Waals surface area contributed by atoms with Crippen molar-refractivity contribution >= 4 is 11.9 Å². The van der Waals surface area contributed by atoms with Gasteiger partial charge in [0.05, 0.1) is 30.8 Å². The van der Waals surface area contributed by atoms with Gasteiger partial charge in [-0.15, -0.1) is 0 Å². The predicted octanol–water partition coefficient (Wildman–Crippen LogP) is 3.19. The highest BCUT2D eigenvalue weighted by atomic mass is 16.5. The molecule has 2 aromatic heterocycles. The van der Waals surface area contributed by atoms with Crippen molar-refractivity contribution in [1.29, 1.82) is 0 Å². The minimum Gasteiger partial charge on any atom is -0.496 e. The molecule has 3 rings (SSSR count). The van der Waals surface area contributed by atoms with E-state index in [1.807, 2.05) is 30.3 Å². The molecule has 0 radical (unpaired) electrons. The highest BCUT2D eigenvalue weighted by molar-refractivity contribution is 5.80. The number of hydrogen-bond donors (Lipinski definition) is 1. The standard InChI is InChI=1S/C16H14N4O2/c1-21-15-8-13(2-3-14(15)16-10-18-11-22-16)20-19-9-12-4-6-17-7-5-12/h2-11,20H,1H3. The molecule has 0 bridgehead atoms. The number of methoxy groups -OCH3 is 1. The lowest BCUT2D eigenvalue weighted by Gasteiger charge is -2.08. The Hall–Kier alpha value is -3.15. The van der Waals surface area contributed by atoms with Crippen molar-refractivity contribution in [3.8, 4) is 17.1 Å². The molecule has 0 saturated carbocycles. The van der Waals surface area contributed by atoms with Crippen LogP contribution in [0.1, 0.15) is 5.56 Å². The Kier molecular flexibility index (Phi) is 4.10. The molecule has 6 heteroatoms. The topological polar surface area (TPSA) is 72.5 Å². The molecule has 0 unspecified atom stereocenters. The quantitative estimate of drug-likeness (QED) is 0.578. The van der Waals surface area contributed by atoms with Gasteiger partial charge in [0.2, 0.25) is 0 Å². The van der Waals surface area contributed by atoms with E-state index in [9.17, 15) is 0 Å². The van der Waals surface area contributed by atoms with Gasteiger partial charge in [-0.1, -0.05) is 0 Å². The van der Waals surface area contributed by atoms with Gasteiger partial charge in [0.15, 0.2) is 12.2 Å². The number of oxazole rings is 1. The first kappa shape index (κ1) is 13.8. The molecule has 1 aromatic carbocycles. The van der Waals surface area contributed by atoms with Crippen LogP contribution in [0, 0.1) is 0 Å². The highest BCUT2D eigenvalue weighted by Gasteiger charge is 2.09. The van der Waals surface area contributed by atoms with Crippen LogP contribution in [-0.2, 0) is 0 Å². The van der Waals surface area contributed by atoms with Crippen LogP contribution in [0.5, 0.6) is 5.75 Å². The number of hydrogen-bond acceptors (Lipinski definition) is 6. The average molecular weight is 294 g/mol. The van der Waals surface area contributed by atoms with E-state index >= 15 is 0 Å². The van der Waals surface area contributed by atoms with Crippen molar-refractivity contribution in [2.75, 3.05) is 12.5 Å². The van der Waals surface area contributed by atoms with E-state index in [0.29, 0.717) is 11.5 Å². The van der Waals surface area contributed by atoms with E-state index in [1.54, 1.807) is 31.9 Å². The van der Waals surface area contributed by atoms with E-state index in [4.69, 9.17) is 9.15 Å². The molecule has 22 heavy (non-hydrogen) atoms. The van der Waals surface area contributed by atoms with E-state index in [2.05, 4.69) is 20.5 Å². The normalized spacial score (nSPS) is 10.8. The van der Waals surface area contributed by atoms with Crippen LogP contribution >= 0.6 is 0 Å². The molecule has 0 spiro atoms. The van der Waals surface area contributed by atoms with Crippen LogP contribution in [0.3, 0.4) is 0 Å². The number of ether oxygens (including phenoxy) is 1. The maximum atomic E-state index is 5.39.